The molecule has 0 aliphatic heterocycles. The normalized spacial score (nSPS) is 11.3. The van der Waals surface area contributed by atoms with Gasteiger partial charge in [-0.25, -0.2) is 9.97 Å². The number of aromatic nitrogens is 2. The molecule has 8 nitrogen and oxygen atoms in total. The first kappa shape index (κ1) is 19.1. The summed E-state index contributed by atoms with van der Waals surface area (Å²) in [5, 5.41) is 13.1. The molecule has 146 valence electrons. The number of nitro benzene ring substituents is 1. The summed E-state index contributed by atoms with van der Waals surface area (Å²) in [4.78, 5) is 17.8. The number of non-ortho nitro benzene ring substituents is 1. The number of ether oxygens (including phenoxy) is 2. The molecular weight excluding hydrogens is 381 g/mol. The van der Waals surface area contributed by atoms with Gasteiger partial charge >= 0.3 is 6.18 Å². The average molecular weight is 394 g/mol. The van der Waals surface area contributed by atoms with Gasteiger partial charge in [-0.3, -0.25) is 10.1 Å². The lowest BCUT2D eigenvalue weighted by Crippen LogP contribution is -2.12. The zero-order valence-electron chi connectivity index (χ0n) is 14.6. The number of nitrogens with one attached hydrogen (secondary N) is 1. The molecule has 0 atom stereocenters. The molecule has 1 N–H and O–H groups in total. The van der Waals surface area contributed by atoms with Crippen molar-refractivity contribution >= 4 is 28.2 Å². The molecule has 3 rings (SSSR count). The molecule has 0 spiro atoms. The third-order valence-corrected chi connectivity index (χ3v) is 3.80. The Kier molecular flexibility index (Phi) is 4.91. The van der Waals surface area contributed by atoms with E-state index < -0.39 is 16.8 Å². The molecule has 0 bridgehead atoms. The summed E-state index contributed by atoms with van der Waals surface area (Å²) in [6.45, 7) is 0. The molecule has 11 heteroatoms. The highest BCUT2D eigenvalue weighted by Gasteiger charge is 2.36. The van der Waals surface area contributed by atoms with E-state index >= 15 is 0 Å². The van der Waals surface area contributed by atoms with Crippen molar-refractivity contribution < 1.29 is 27.6 Å². The van der Waals surface area contributed by atoms with Crippen molar-refractivity contribution in [1.29, 1.82) is 0 Å². The summed E-state index contributed by atoms with van der Waals surface area (Å²) in [7, 11) is 2.66. The van der Waals surface area contributed by atoms with Crippen LogP contribution >= 0.6 is 0 Å². The predicted molar refractivity (Wildman–Crippen MR) is 94.0 cm³/mol. The van der Waals surface area contributed by atoms with Gasteiger partial charge in [0.25, 0.3) is 5.69 Å². The van der Waals surface area contributed by atoms with Gasteiger partial charge in [0.15, 0.2) is 17.2 Å². The van der Waals surface area contributed by atoms with Gasteiger partial charge in [-0.05, 0) is 18.2 Å². The van der Waals surface area contributed by atoms with Gasteiger partial charge in [-0.1, -0.05) is 0 Å². The first-order valence-electron chi connectivity index (χ1n) is 7.75. The molecule has 0 fully saturated rings. The van der Waals surface area contributed by atoms with Crippen LogP contribution in [0.1, 0.15) is 5.69 Å². The number of rotatable bonds is 5. The average Bonchev–Trinajstić information content (AvgIpc) is 2.65. The van der Waals surface area contributed by atoms with E-state index in [4.69, 9.17) is 9.47 Å². The molecule has 0 saturated heterocycles. The lowest BCUT2D eigenvalue weighted by Gasteiger charge is -2.14. The minimum absolute atomic E-state index is 0.00983. The van der Waals surface area contributed by atoms with Gasteiger partial charge in [0.05, 0.1) is 24.7 Å². The van der Waals surface area contributed by atoms with Crippen molar-refractivity contribution in [3.8, 4) is 11.5 Å². The third kappa shape index (κ3) is 3.72. The molecule has 0 saturated carbocycles. The molecule has 2 aromatic carbocycles. The summed E-state index contributed by atoms with van der Waals surface area (Å²) < 4.78 is 50.8. The Morgan fingerprint density at radius 2 is 1.64 bits per heavy atom. The highest BCUT2D eigenvalue weighted by atomic mass is 19.4. The van der Waals surface area contributed by atoms with Crippen molar-refractivity contribution in [2.45, 2.75) is 6.18 Å². The van der Waals surface area contributed by atoms with Gasteiger partial charge in [-0.2, -0.15) is 13.2 Å². The standard InChI is InChI=1S/C17H13F3N4O4/c1-27-13-7-11-12(8-14(13)28-2)22-16(23-15(11)17(18,19)20)21-9-3-5-10(6-4-9)24(25)26/h3-8H,1-2H3,(H,21,22,23). The number of halogens is 3. The van der Waals surface area contributed by atoms with Crippen molar-refractivity contribution in [2.24, 2.45) is 0 Å². The van der Waals surface area contributed by atoms with E-state index in [2.05, 4.69) is 15.3 Å². The maximum absolute atomic E-state index is 13.5. The van der Waals surface area contributed by atoms with Crippen LogP contribution in [0.4, 0.5) is 30.5 Å². The molecule has 0 aliphatic rings. The van der Waals surface area contributed by atoms with Crippen LogP contribution < -0.4 is 14.8 Å². The monoisotopic (exact) mass is 394 g/mol. The van der Waals surface area contributed by atoms with Crippen LogP contribution in [-0.4, -0.2) is 29.1 Å². The number of nitro groups is 1. The van der Waals surface area contributed by atoms with Crippen LogP contribution in [0.15, 0.2) is 36.4 Å². The summed E-state index contributed by atoms with van der Waals surface area (Å²) in [5.41, 5.74) is -1.02. The Balaban J connectivity index is 2.11. The van der Waals surface area contributed by atoms with E-state index in [0.29, 0.717) is 5.69 Å². The molecule has 1 heterocycles. The smallest absolute Gasteiger partial charge is 0.434 e. The van der Waals surface area contributed by atoms with Crippen LogP contribution in [0.3, 0.4) is 0 Å². The van der Waals surface area contributed by atoms with E-state index in [-0.39, 0.29) is 34.0 Å². The first-order chi connectivity index (χ1) is 13.2. The van der Waals surface area contributed by atoms with E-state index in [1.54, 1.807) is 0 Å². The Morgan fingerprint density at radius 3 is 2.18 bits per heavy atom. The Morgan fingerprint density at radius 1 is 1.04 bits per heavy atom. The fourth-order valence-corrected chi connectivity index (χ4v) is 2.52. The third-order valence-electron chi connectivity index (χ3n) is 3.80. The van der Waals surface area contributed by atoms with E-state index in [1.807, 2.05) is 0 Å². The minimum atomic E-state index is -4.74. The molecule has 0 amide bonds. The van der Waals surface area contributed by atoms with Gasteiger partial charge in [0.2, 0.25) is 5.95 Å². The quantitative estimate of drug-likeness (QED) is 0.508. The van der Waals surface area contributed by atoms with E-state index in [0.717, 1.165) is 6.07 Å². The van der Waals surface area contributed by atoms with Crippen molar-refractivity contribution in [3.05, 3.63) is 52.2 Å². The molecular formula is C17H13F3N4O4. The maximum atomic E-state index is 13.5. The Labute approximate surface area is 156 Å². The summed E-state index contributed by atoms with van der Waals surface area (Å²) in [5.74, 6) is 0.00388. The summed E-state index contributed by atoms with van der Waals surface area (Å²) in [6, 6.07) is 7.57. The topological polar surface area (TPSA) is 99.4 Å². The number of nitrogens with zero attached hydrogens (tertiary/aromatic N) is 3. The van der Waals surface area contributed by atoms with Crippen LogP contribution in [0.5, 0.6) is 11.5 Å². The first-order valence-corrected chi connectivity index (χ1v) is 7.75. The van der Waals surface area contributed by atoms with E-state index in [1.165, 1.54) is 44.6 Å². The zero-order valence-corrected chi connectivity index (χ0v) is 14.6. The number of anilines is 2. The van der Waals surface area contributed by atoms with Crippen molar-refractivity contribution in [3.63, 3.8) is 0 Å². The second-order valence-electron chi connectivity index (χ2n) is 5.55. The Hall–Kier alpha value is -3.63. The van der Waals surface area contributed by atoms with Crippen molar-refractivity contribution in [2.75, 3.05) is 19.5 Å². The van der Waals surface area contributed by atoms with Crippen LogP contribution in [-0.2, 0) is 6.18 Å². The molecule has 28 heavy (non-hydrogen) atoms. The zero-order chi connectivity index (χ0) is 20.5. The van der Waals surface area contributed by atoms with Crippen LogP contribution in [0.25, 0.3) is 10.9 Å². The summed E-state index contributed by atoms with van der Waals surface area (Å²) >= 11 is 0. The molecule has 0 unspecified atom stereocenters. The highest BCUT2D eigenvalue weighted by molar-refractivity contribution is 5.86. The number of alkyl halides is 3. The number of fused-ring (bicyclic) bond motifs is 1. The second kappa shape index (κ2) is 7.18. The molecule has 3 aromatic rings. The number of hydrogen-bond donors (Lipinski definition) is 1. The lowest BCUT2D eigenvalue weighted by molar-refractivity contribution is -0.384. The summed E-state index contributed by atoms with van der Waals surface area (Å²) in [6.07, 6.45) is -4.74. The van der Waals surface area contributed by atoms with Gasteiger partial charge in [0.1, 0.15) is 0 Å². The maximum Gasteiger partial charge on any atom is 0.434 e. The SMILES string of the molecule is COc1cc2nc(Nc3ccc([N+](=O)[O-])cc3)nc(C(F)(F)F)c2cc1OC. The van der Waals surface area contributed by atoms with Crippen LogP contribution in [0.2, 0.25) is 0 Å². The van der Waals surface area contributed by atoms with Crippen molar-refractivity contribution in [1.82, 2.24) is 9.97 Å². The second-order valence-corrected chi connectivity index (χ2v) is 5.55. The number of benzene rings is 2. The largest absolute Gasteiger partial charge is 0.493 e. The van der Waals surface area contributed by atoms with E-state index in [9.17, 15) is 23.3 Å². The fourth-order valence-electron chi connectivity index (χ4n) is 2.52. The molecule has 0 radical (unpaired) electrons. The van der Waals surface area contributed by atoms with Gasteiger partial charge < -0.3 is 14.8 Å². The Bertz CT molecular complexity index is 1040. The fraction of sp³-hybridized carbons (Fsp3) is 0.176. The molecule has 0 aliphatic carbocycles. The van der Waals surface area contributed by atoms with Gasteiger partial charge in [-0.15, -0.1) is 0 Å². The number of methoxy groups -OCH3 is 2. The molecule has 1 aromatic heterocycles. The minimum Gasteiger partial charge on any atom is -0.493 e. The van der Waals surface area contributed by atoms with Gasteiger partial charge in [0, 0.05) is 29.3 Å². The number of hydrogen-bond acceptors (Lipinski definition) is 7. The highest BCUT2D eigenvalue weighted by Crippen LogP contribution is 2.38. The predicted octanol–water partition coefficient (Wildman–Crippen LogP) is 4.32. The van der Waals surface area contributed by atoms with Crippen LogP contribution in [0, 0.1) is 10.1 Å². The lowest BCUT2D eigenvalue weighted by atomic mass is 10.1.